The molecule has 0 aliphatic rings. The van der Waals surface area contributed by atoms with Gasteiger partial charge >= 0.3 is 0 Å². The van der Waals surface area contributed by atoms with E-state index in [1.165, 1.54) is 12.1 Å². The first kappa shape index (κ1) is 18.1. The maximum atomic E-state index is 12.3. The second-order valence-corrected chi connectivity index (χ2v) is 7.95. The Balaban J connectivity index is 2.98. The van der Waals surface area contributed by atoms with Gasteiger partial charge in [0.15, 0.2) is 0 Å². The Morgan fingerprint density at radius 3 is 2.55 bits per heavy atom. The third-order valence-electron chi connectivity index (χ3n) is 2.68. The average molecular weight is 357 g/mol. The lowest BCUT2D eigenvalue weighted by atomic mass is 10.2. The van der Waals surface area contributed by atoms with E-state index in [0.717, 1.165) is 5.75 Å². The van der Waals surface area contributed by atoms with Crippen molar-refractivity contribution in [2.75, 3.05) is 18.6 Å². The van der Waals surface area contributed by atoms with Crippen LogP contribution in [0.1, 0.15) is 12.5 Å². The number of nitrogens with one attached hydrogen (secondary N) is 1. The predicted molar refractivity (Wildman–Crippen MR) is 87.1 cm³/mol. The summed E-state index contributed by atoms with van der Waals surface area (Å²) in [6, 6.07) is 2.83. The molecule has 0 aromatic heterocycles. The fourth-order valence-electron chi connectivity index (χ4n) is 1.61. The molecule has 0 heterocycles. The van der Waals surface area contributed by atoms with Gasteiger partial charge in [-0.3, -0.25) is 0 Å². The zero-order chi connectivity index (χ0) is 15.3. The summed E-state index contributed by atoms with van der Waals surface area (Å²) in [5.41, 5.74) is 6.08. The molecule has 0 saturated heterocycles. The minimum Gasteiger partial charge on any atom is -0.326 e. The van der Waals surface area contributed by atoms with E-state index < -0.39 is 10.0 Å². The molecule has 20 heavy (non-hydrogen) atoms. The van der Waals surface area contributed by atoms with E-state index >= 15 is 0 Å². The lowest BCUT2D eigenvalue weighted by molar-refractivity contribution is 0.562. The van der Waals surface area contributed by atoms with Crippen molar-refractivity contribution in [3.8, 4) is 0 Å². The van der Waals surface area contributed by atoms with Crippen molar-refractivity contribution in [3.63, 3.8) is 0 Å². The second-order valence-electron chi connectivity index (χ2n) is 4.49. The van der Waals surface area contributed by atoms with Crippen LogP contribution in [0.5, 0.6) is 0 Å². The molecule has 114 valence electrons. The summed E-state index contributed by atoms with van der Waals surface area (Å²) in [6.07, 6.45) is 1.98. The van der Waals surface area contributed by atoms with E-state index in [1.54, 1.807) is 11.8 Å². The van der Waals surface area contributed by atoms with Gasteiger partial charge in [0, 0.05) is 18.1 Å². The highest BCUT2D eigenvalue weighted by atomic mass is 35.5. The van der Waals surface area contributed by atoms with Gasteiger partial charge in [-0.15, -0.1) is 0 Å². The maximum absolute atomic E-state index is 12.3. The molecule has 1 atom stereocenters. The first-order valence-electron chi connectivity index (χ1n) is 5.98. The molecule has 4 nitrogen and oxygen atoms in total. The summed E-state index contributed by atoms with van der Waals surface area (Å²) in [5, 5.41) is 0.462. The van der Waals surface area contributed by atoms with Gasteiger partial charge in [-0.05, 0) is 35.6 Å². The van der Waals surface area contributed by atoms with Gasteiger partial charge < -0.3 is 5.73 Å². The van der Waals surface area contributed by atoms with Crippen LogP contribution in [-0.4, -0.2) is 27.0 Å². The normalized spacial score (nSPS) is 13.4. The van der Waals surface area contributed by atoms with Crippen molar-refractivity contribution in [2.24, 2.45) is 11.7 Å². The minimum atomic E-state index is -3.66. The van der Waals surface area contributed by atoms with Crippen LogP contribution >= 0.6 is 35.0 Å². The van der Waals surface area contributed by atoms with Crippen LogP contribution in [0.25, 0.3) is 0 Å². The Morgan fingerprint density at radius 2 is 2.00 bits per heavy atom. The largest absolute Gasteiger partial charge is 0.326 e. The van der Waals surface area contributed by atoms with E-state index in [2.05, 4.69) is 4.72 Å². The standard InChI is InChI=1S/C12H18Cl2N2O2S2/c1-8(7-19-2)6-16-20(17,18)12-3-9(5-15)10(13)4-11(12)14/h3-4,8,16H,5-7,15H2,1-2H3. The topological polar surface area (TPSA) is 72.2 Å². The zero-order valence-corrected chi connectivity index (χ0v) is 14.5. The van der Waals surface area contributed by atoms with E-state index in [4.69, 9.17) is 28.9 Å². The van der Waals surface area contributed by atoms with E-state index in [-0.39, 0.29) is 22.4 Å². The molecule has 0 bridgehead atoms. The van der Waals surface area contributed by atoms with Gasteiger partial charge in [-0.25, -0.2) is 13.1 Å². The molecule has 1 aromatic carbocycles. The molecule has 0 radical (unpaired) electrons. The fourth-order valence-corrected chi connectivity index (χ4v) is 4.33. The quantitative estimate of drug-likeness (QED) is 0.787. The molecule has 0 amide bonds. The zero-order valence-electron chi connectivity index (χ0n) is 11.3. The highest BCUT2D eigenvalue weighted by Crippen LogP contribution is 2.28. The van der Waals surface area contributed by atoms with Crippen molar-refractivity contribution in [1.29, 1.82) is 0 Å². The van der Waals surface area contributed by atoms with Crippen LogP contribution in [0.4, 0.5) is 0 Å². The van der Waals surface area contributed by atoms with Gasteiger partial charge in [0.25, 0.3) is 0 Å². The second kappa shape index (κ2) is 7.87. The average Bonchev–Trinajstić information content (AvgIpc) is 2.37. The summed E-state index contributed by atoms with van der Waals surface area (Å²) in [5.74, 6) is 1.12. The van der Waals surface area contributed by atoms with E-state index in [0.29, 0.717) is 17.1 Å². The van der Waals surface area contributed by atoms with Crippen LogP contribution in [0.2, 0.25) is 10.0 Å². The molecule has 1 unspecified atom stereocenters. The fraction of sp³-hybridized carbons (Fsp3) is 0.500. The Hall–Kier alpha value is 0.0200. The van der Waals surface area contributed by atoms with Crippen molar-refractivity contribution in [3.05, 3.63) is 27.7 Å². The number of hydrogen-bond acceptors (Lipinski definition) is 4. The highest BCUT2D eigenvalue weighted by Gasteiger charge is 2.20. The van der Waals surface area contributed by atoms with Crippen LogP contribution in [-0.2, 0) is 16.6 Å². The van der Waals surface area contributed by atoms with E-state index in [1.807, 2.05) is 13.2 Å². The molecular weight excluding hydrogens is 339 g/mol. The Labute approximate surface area is 134 Å². The number of hydrogen-bond donors (Lipinski definition) is 2. The molecule has 0 aliphatic carbocycles. The molecule has 3 N–H and O–H groups in total. The van der Waals surface area contributed by atoms with Gasteiger partial charge in [0.1, 0.15) is 4.90 Å². The lowest BCUT2D eigenvalue weighted by Gasteiger charge is -2.14. The van der Waals surface area contributed by atoms with Crippen molar-refractivity contribution in [2.45, 2.75) is 18.4 Å². The summed E-state index contributed by atoms with van der Waals surface area (Å²) >= 11 is 13.6. The molecule has 0 spiro atoms. The summed E-state index contributed by atoms with van der Waals surface area (Å²) in [4.78, 5) is 0.0142. The molecule has 1 aromatic rings. The smallest absolute Gasteiger partial charge is 0.242 e. The number of thioether (sulfide) groups is 1. The van der Waals surface area contributed by atoms with Gasteiger partial charge in [0.05, 0.1) is 5.02 Å². The lowest BCUT2D eigenvalue weighted by Crippen LogP contribution is -2.29. The SMILES string of the molecule is CSCC(C)CNS(=O)(=O)c1cc(CN)c(Cl)cc1Cl. The van der Waals surface area contributed by atoms with Crippen LogP contribution in [0.3, 0.4) is 0 Å². The van der Waals surface area contributed by atoms with Gasteiger partial charge in [0.2, 0.25) is 10.0 Å². The molecule has 0 fully saturated rings. The number of benzene rings is 1. The third-order valence-corrected chi connectivity index (χ3v) is 5.83. The van der Waals surface area contributed by atoms with Crippen LogP contribution < -0.4 is 10.5 Å². The van der Waals surface area contributed by atoms with Gasteiger partial charge in [-0.1, -0.05) is 30.1 Å². The van der Waals surface area contributed by atoms with Crippen LogP contribution in [0, 0.1) is 5.92 Å². The highest BCUT2D eigenvalue weighted by molar-refractivity contribution is 7.98. The van der Waals surface area contributed by atoms with Crippen molar-refractivity contribution in [1.82, 2.24) is 4.72 Å². The van der Waals surface area contributed by atoms with E-state index in [9.17, 15) is 8.42 Å². The maximum Gasteiger partial charge on any atom is 0.242 e. The monoisotopic (exact) mass is 356 g/mol. The summed E-state index contributed by atoms with van der Waals surface area (Å²) in [6.45, 7) is 2.50. The van der Waals surface area contributed by atoms with Crippen molar-refractivity contribution < 1.29 is 8.42 Å². The van der Waals surface area contributed by atoms with Crippen LogP contribution in [0.15, 0.2) is 17.0 Å². The Bertz CT molecular complexity index is 565. The predicted octanol–water partition coefficient (Wildman–Crippen LogP) is 2.73. The number of halogens is 2. The van der Waals surface area contributed by atoms with Crippen molar-refractivity contribution >= 4 is 45.0 Å². The third kappa shape index (κ3) is 4.79. The molecular formula is C12H18Cl2N2O2S2. The number of sulfonamides is 1. The summed E-state index contributed by atoms with van der Waals surface area (Å²) < 4.78 is 27.1. The first-order valence-corrected chi connectivity index (χ1v) is 9.61. The summed E-state index contributed by atoms with van der Waals surface area (Å²) in [7, 11) is -3.66. The molecule has 8 heteroatoms. The molecule has 0 aliphatic heterocycles. The number of rotatable bonds is 7. The number of nitrogens with two attached hydrogens (primary N) is 1. The molecule has 1 rings (SSSR count). The van der Waals surface area contributed by atoms with Gasteiger partial charge in [-0.2, -0.15) is 11.8 Å². The molecule has 0 saturated carbocycles. The minimum absolute atomic E-state index is 0.0142. The Morgan fingerprint density at radius 1 is 1.35 bits per heavy atom. The Kier molecular flexibility index (Phi) is 7.11. The first-order chi connectivity index (χ1) is 9.31.